The highest BCUT2D eigenvalue weighted by Gasteiger charge is 1.97. The van der Waals surface area contributed by atoms with Gasteiger partial charge in [0.25, 0.3) is 0 Å². The fourth-order valence-corrected chi connectivity index (χ4v) is 0.858. The van der Waals surface area contributed by atoms with Gasteiger partial charge in [-0.1, -0.05) is 46.9 Å². The average Bonchev–Trinajstić information content (AvgIpc) is 2.59. The number of esters is 3. The highest BCUT2D eigenvalue weighted by Crippen LogP contribution is 1.92. The van der Waals surface area contributed by atoms with Crippen molar-refractivity contribution in [1.82, 2.24) is 0 Å². The summed E-state index contributed by atoms with van der Waals surface area (Å²) in [5, 5.41) is 0. The Balaban J connectivity index is -0.000000293. The quantitative estimate of drug-likeness (QED) is 0.286. The number of unbranched alkanes of at least 4 members (excludes halogenated alkanes) is 1. The third-order valence-corrected chi connectivity index (χ3v) is 2.17. The summed E-state index contributed by atoms with van der Waals surface area (Å²) in [4.78, 5) is 30.9. The molecular weight excluding hydrogens is 324 g/mol. The minimum absolute atomic E-state index is 0.330. The lowest BCUT2D eigenvalue weighted by atomic mass is 10.2. The van der Waals surface area contributed by atoms with Gasteiger partial charge in [0.05, 0.1) is 20.3 Å². The number of ether oxygens (including phenoxy) is 3. The summed E-state index contributed by atoms with van der Waals surface area (Å²) in [6.45, 7) is 18.5. The molecule has 0 atom stereocenters. The number of hydrogen-bond donors (Lipinski definition) is 0. The van der Waals surface area contributed by atoms with Crippen LogP contribution in [0, 0.1) is 5.92 Å². The molecule has 0 unspecified atom stereocenters. The summed E-state index contributed by atoms with van der Waals surface area (Å²) < 4.78 is 13.6. The van der Waals surface area contributed by atoms with E-state index in [0.29, 0.717) is 24.7 Å². The zero-order chi connectivity index (χ0) is 20.3. The Morgan fingerprint density at radius 2 is 1.52 bits per heavy atom. The predicted octanol–water partition coefficient (Wildman–Crippen LogP) is 3.62. The van der Waals surface area contributed by atoms with Gasteiger partial charge in [0.2, 0.25) is 0 Å². The van der Waals surface area contributed by atoms with Gasteiger partial charge in [-0.3, -0.25) is 0 Å². The van der Waals surface area contributed by atoms with E-state index in [1.807, 2.05) is 20.8 Å². The molecule has 0 aromatic rings. The largest absolute Gasteiger partial charge is 0.466 e. The van der Waals surface area contributed by atoms with E-state index >= 15 is 0 Å². The van der Waals surface area contributed by atoms with Gasteiger partial charge < -0.3 is 14.2 Å². The summed E-state index contributed by atoms with van der Waals surface area (Å²) in [6.07, 6.45) is 4.32. The van der Waals surface area contributed by atoms with Crippen molar-refractivity contribution in [3.63, 3.8) is 0 Å². The molecule has 0 aromatic heterocycles. The van der Waals surface area contributed by atoms with Gasteiger partial charge in [0, 0.05) is 17.7 Å². The van der Waals surface area contributed by atoms with E-state index < -0.39 is 0 Å². The minimum Gasteiger partial charge on any atom is -0.466 e. The zero-order valence-corrected chi connectivity index (χ0v) is 16.1. The summed E-state index contributed by atoms with van der Waals surface area (Å²) in [6, 6.07) is 0. The molecule has 0 aromatic carbocycles. The molecule has 6 heteroatoms. The van der Waals surface area contributed by atoms with Crippen LogP contribution >= 0.6 is 0 Å². The first-order chi connectivity index (χ1) is 11.7. The number of carbonyl (C=O) groups excluding carboxylic acids is 3. The highest BCUT2D eigenvalue weighted by molar-refractivity contribution is 5.86. The lowest BCUT2D eigenvalue weighted by Crippen LogP contribution is -2.06. The third-order valence-electron chi connectivity index (χ3n) is 2.17. The normalized spacial score (nSPS) is 8.56. The first-order valence-corrected chi connectivity index (χ1v) is 7.98. The van der Waals surface area contributed by atoms with Gasteiger partial charge in [-0.05, 0) is 19.3 Å². The van der Waals surface area contributed by atoms with Gasteiger partial charge in [-0.2, -0.15) is 0 Å². The Morgan fingerprint density at radius 3 is 1.80 bits per heavy atom. The predicted molar refractivity (Wildman–Crippen MR) is 98.9 cm³/mol. The summed E-state index contributed by atoms with van der Waals surface area (Å²) in [5.41, 5.74) is 0.433. The lowest BCUT2D eigenvalue weighted by molar-refractivity contribution is -0.139. The molecule has 6 nitrogen and oxygen atoms in total. The second-order valence-electron chi connectivity index (χ2n) is 5.23. The standard InChI is InChI=1S/2C7H12O2.C5H8O2/c1-4-7(8)9-5-6(2)3;1-3-5-6-9-7(8)4-2;1-4(2)5(6)7-3/h4,6H,1,5H2,2-3H3;4H,2-3,5-6H2,1H3;1H2,2-3H3. The minimum atomic E-state index is -0.347. The van der Waals surface area contributed by atoms with Crippen molar-refractivity contribution in [2.45, 2.75) is 40.5 Å². The van der Waals surface area contributed by atoms with Crippen LogP contribution in [0.2, 0.25) is 0 Å². The van der Waals surface area contributed by atoms with Gasteiger partial charge in [0.1, 0.15) is 0 Å². The molecule has 0 aliphatic carbocycles. The number of methoxy groups -OCH3 is 1. The molecule has 0 saturated heterocycles. The van der Waals surface area contributed by atoms with Crippen LogP contribution in [-0.4, -0.2) is 38.2 Å². The molecule has 25 heavy (non-hydrogen) atoms. The second-order valence-corrected chi connectivity index (χ2v) is 5.23. The Kier molecular flexibility index (Phi) is 21.6. The zero-order valence-electron chi connectivity index (χ0n) is 16.1. The molecule has 0 aliphatic heterocycles. The number of rotatable bonds is 8. The van der Waals surface area contributed by atoms with Crippen LogP contribution < -0.4 is 0 Å². The topological polar surface area (TPSA) is 78.9 Å². The van der Waals surface area contributed by atoms with Gasteiger partial charge in [0.15, 0.2) is 0 Å². The Labute approximate surface area is 151 Å². The van der Waals surface area contributed by atoms with E-state index in [1.54, 1.807) is 6.92 Å². The first-order valence-electron chi connectivity index (χ1n) is 7.98. The van der Waals surface area contributed by atoms with E-state index in [1.165, 1.54) is 19.3 Å². The fourth-order valence-electron chi connectivity index (χ4n) is 0.858. The van der Waals surface area contributed by atoms with Crippen molar-refractivity contribution >= 4 is 17.9 Å². The van der Waals surface area contributed by atoms with Gasteiger partial charge >= 0.3 is 17.9 Å². The van der Waals surface area contributed by atoms with E-state index in [-0.39, 0.29) is 17.9 Å². The van der Waals surface area contributed by atoms with Crippen molar-refractivity contribution < 1.29 is 28.6 Å². The molecule has 0 amide bonds. The van der Waals surface area contributed by atoms with Crippen molar-refractivity contribution in [3.8, 4) is 0 Å². The van der Waals surface area contributed by atoms with Crippen LogP contribution in [0.25, 0.3) is 0 Å². The van der Waals surface area contributed by atoms with Crippen LogP contribution in [0.4, 0.5) is 0 Å². The van der Waals surface area contributed by atoms with Crippen LogP contribution in [0.5, 0.6) is 0 Å². The van der Waals surface area contributed by atoms with Crippen molar-refractivity contribution in [3.05, 3.63) is 37.5 Å². The van der Waals surface area contributed by atoms with Crippen molar-refractivity contribution in [2.24, 2.45) is 5.92 Å². The molecule has 0 radical (unpaired) electrons. The third kappa shape index (κ3) is 26.8. The fraction of sp³-hybridized carbons (Fsp3) is 0.526. The molecule has 144 valence electrons. The Hall–Kier alpha value is -2.37. The molecule has 0 rings (SSSR count). The van der Waals surface area contributed by atoms with E-state index in [9.17, 15) is 14.4 Å². The van der Waals surface area contributed by atoms with E-state index in [0.717, 1.165) is 12.8 Å². The Morgan fingerprint density at radius 1 is 1.04 bits per heavy atom. The Bertz CT molecular complexity index is 424. The van der Waals surface area contributed by atoms with Crippen LogP contribution in [0.3, 0.4) is 0 Å². The second kappa shape index (κ2) is 19.7. The van der Waals surface area contributed by atoms with Crippen LogP contribution in [-0.2, 0) is 28.6 Å². The number of carbonyl (C=O) groups is 3. The van der Waals surface area contributed by atoms with Crippen molar-refractivity contribution in [2.75, 3.05) is 20.3 Å². The summed E-state index contributed by atoms with van der Waals surface area (Å²) in [5.74, 6) is -0.624. The van der Waals surface area contributed by atoms with Crippen molar-refractivity contribution in [1.29, 1.82) is 0 Å². The molecule has 0 aliphatic rings. The lowest BCUT2D eigenvalue weighted by Gasteiger charge is -2.02. The van der Waals surface area contributed by atoms with E-state index in [2.05, 4.69) is 29.2 Å². The average molecular weight is 356 g/mol. The smallest absolute Gasteiger partial charge is 0.332 e. The molecule has 0 spiro atoms. The van der Waals surface area contributed by atoms with E-state index in [4.69, 9.17) is 4.74 Å². The summed E-state index contributed by atoms with van der Waals surface area (Å²) in [7, 11) is 1.33. The van der Waals surface area contributed by atoms with Gasteiger partial charge in [-0.15, -0.1) is 0 Å². The van der Waals surface area contributed by atoms with Crippen LogP contribution in [0.1, 0.15) is 40.5 Å². The van der Waals surface area contributed by atoms with Gasteiger partial charge in [-0.25, -0.2) is 14.4 Å². The highest BCUT2D eigenvalue weighted by atomic mass is 16.5. The maximum absolute atomic E-state index is 10.4. The SMILES string of the molecule is C=C(C)C(=O)OC.C=CC(=O)OCC(C)C.C=CC(=O)OCCCC. The molecule has 0 bridgehead atoms. The first kappa shape index (κ1) is 27.5. The molecule has 0 N–H and O–H groups in total. The van der Waals surface area contributed by atoms with Crippen LogP contribution in [0.15, 0.2) is 37.5 Å². The maximum atomic E-state index is 10.4. The molecule has 0 fully saturated rings. The molecule has 0 saturated carbocycles. The monoisotopic (exact) mass is 356 g/mol. The summed E-state index contributed by atoms with van der Waals surface area (Å²) >= 11 is 0. The maximum Gasteiger partial charge on any atom is 0.332 e. The molecule has 0 heterocycles. The number of hydrogen-bond acceptors (Lipinski definition) is 6. The molecular formula is C19H32O6.